The standard InChI is InChI=1S/C10H10BrF3O2/c11-7-8-1-3-9(4-2-8)15-5-6-16-10(12,13)14/h1-4H,5-7H2. The van der Waals surface area contributed by atoms with Crippen molar-refractivity contribution in [3.8, 4) is 5.75 Å². The summed E-state index contributed by atoms with van der Waals surface area (Å²) in [6, 6.07) is 7.05. The van der Waals surface area contributed by atoms with Gasteiger partial charge in [-0.3, -0.25) is 4.74 Å². The SMILES string of the molecule is FC(F)(F)OCCOc1ccc(CBr)cc1. The predicted molar refractivity (Wildman–Crippen MR) is 56.6 cm³/mol. The van der Waals surface area contributed by atoms with Crippen molar-refractivity contribution in [3.63, 3.8) is 0 Å². The van der Waals surface area contributed by atoms with E-state index in [4.69, 9.17) is 4.74 Å². The van der Waals surface area contributed by atoms with E-state index in [0.717, 1.165) is 10.9 Å². The number of alkyl halides is 4. The first-order chi connectivity index (χ1) is 7.51. The number of halogens is 4. The lowest BCUT2D eigenvalue weighted by atomic mass is 10.2. The molecule has 0 atom stereocenters. The average molecular weight is 299 g/mol. The molecular weight excluding hydrogens is 289 g/mol. The first-order valence-electron chi connectivity index (χ1n) is 4.49. The Bertz CT molecular complexity index is 311. The van der Waals surface area contributed by atoms with Crippen LogP contribution in [0.5, 0.6) is 5.75 Å². The maximum absolute atomic E-state index is 11.6. The van der Waals surface area contributed by atoms with Crippen molar-refractivity contribution in [3.05, 3.63) is 29.8 Å². The minimum absolute atomic E-state index is 0.132. The van der Waals surface area contributed by atoms with Crippen LogP contribution in [0, 0.1) is 0 Å². The Labute approximate surface area is 99.5 Å². The fourth-order valence-corrected chi connectivity index (χ4v) is 1.37. The molecule has 0 saturated carbocycles. The summed E-state index contributed by atoms with van der Waals surface area (Å²) in [5.74, 6) is 0.524. The van der Waals surface area contributed by atoms with Crippen molar-refractivity contribution >= 4 is 15.9 Å². The van der Waals surface area contributed by atoms with Crippen molar-refractivity contribution in [2.45, 2.75) is 11.7 Å². The maximum Gasteiger partial charge on any atom is 0.522 e. The van der Waals surface area contributed by atoms with Gasteiger partial charge in [0.15, 0.2) is 0 Å². The Balaban J connectivity index is 2.27. The molecule has 90 valence electrons. The number of hydrogen-bond donors (Lipinski definition) is 0. The van der Waals surface area contributed by atoms with E-state index in [-0.39, 0.29) is 6.61 Å². The minimum atomic E-state index is -4.59. The Morgan fingerprint density at radius 2 is 1.69 bits per heavy atom. The molecule has 6 heteroatoms. The van der Waals surface area contributed by atoms with Gasteiger partial charge in [0.05, 0.1) is 6.61 Å². The molecule has 0 radical (unpaired) electrons. The van der Waals surface area contributed by atoms with Crippen LogP contribution >= 0.6 is 15.9 Å². The normalized spacial score (nSPS) is 11.5. The molecule has 0 amide bonds. The number of ether oxygens (including phenoxy) is 2. The summed E-state index contributed by atoms with van der Waals surface area (Å²) < 4.78 is 43.4. The second kappa shape index (κ2) is 6.10. The Hall–Kier alpha value is -0.750. The Morgan fingerprint density at radius 1 is 1.06 bits per heavy atom. The van der Waals surface area contributed by atoms with Gasteiger partial charge in [0.2, 0.25) is 0 Å². The molecule has 1 aromatic rings. The van der Waals surface area contributed by atoms with Gasteiger partial charge < -0.3 is 4.74 Å². The zero-order chi connectivity index (χ0) is 12.0. The molecule has 2 nitrogen and oxygen atoms in total. The van der Waals surface area contributed by atoms with Crippen LogP contribution in [0.3, 0.4) is 0 Å². The molecule has 0 aromatic heterocycles. The zero-order valence-electron chi connectivity index (χ0n) is 8.26. The van der Waals surface area contributed by atoms with Gasteiger partial charge in [0.25, 0.3) is 0 Å². The van der Waals surface area contributed by atoms with Gasteiger partial charge in [0.1, 0.15) is 12.4 Å². The van der Waals surface area contributed by atoms with E-state index in [0.29, 0.717) is 5.75 Å². The van der Waals surface area contributed by atoms with Gasteiger partial charge in [-0.2, -0.15) is 0 Å². The highest BCUT2D eigenvalue weighted by molar-refractivity contribution is 9.08. The van der Waals surface area contributed by atoms with E-state index < -0.39 is 13.0 Å². The molecule has 0 saturated heterocycles. The fraction of sp³-hybridized carbons (Fsp3) is 0.400. The zero-order valence-corrected chi connectivity index (χ0v) is 9.85. The molecule has 0 aliphatic heterocycles. The van der Waals surface area contributed by atoms with Gasteiger partial charge in [0, 0.05) is 5.33 Å². The number of hydrogen-bond acceptors (Lipinski definition) is 2. The molecule has 16 heavy (non-hydrogen) atoms. The van der Waals surface area contributed by atoms with Crippen LogP contribution < -0.4 is 4.74 Å². The van der Waals surface area contributed by atoms with Crippen molar-refractivity contribution in [1.29, 1.82) is 0 Å². The second-order valence-electron chi connectivity index (χ2n) is 2.92. The smallest absolute Gasteiger partial charge is 0.491 e. The third kappa shape index (κ3) is 5.37. The van der Waals surface area contributed by atoms with Crippen molar-refractivity contribution in [2.24, 2.45) is 0 Å². The lowest BCUT2D eigenvalue weighted by Crippen LogP contribution is -2.18. The van der Waals surface area contributed by atoms with Crippen molar-refractivity contribution in [2.75, 3.05) is 13.2 Å². The largest absolute Gasteiger partial charge is 0.522 e. The van der Waals surface area contributed by atoms with E-state index in [1.165, 1.54) is 0 Å². The molecule has 1 rings (SSSR count). The van der Waals surface area contributed by atoms with E-state index in [2.05, 4.69) is 20.7 Å². The van der Waals surface area contributed by atoms with E-state index in [9.17, 15) is 13.2 Å². The monoisotopic (exact) mass is 298 g/mol. The average Bonchev–Trinajstić information content (AvgIpc) is 2.24. The molecular formula is C10H10BrF3O2. The lowest BCUT2D eigenvalue weighted by molar-refractivity contribution is -0.325. The summed E-state index contributed by atoms with van der Waals surface area (Å²) in [6.07, 6.45) is -4.59. The summed E-state index contributed by atoms with van der Waals surface area (Å²) in [4.78, 5) is 0. The summed E-state index contributed by atoms with van der Waals surface area (Å²) in [5, 5.41) is 0.727. The van der Waals surface area contributed by atoms with Crippen LogP contribution in [0.1, 0.15) is 5.56 Å². The molecule has 0 N–H and O–H groups in total. The van der Waals surface area contributed by atoms with Gasteiger partial charge in [-0.25, -0.2) is 0 Å². The topological polar surface area (TPSA) is 18.5 Å². The highest BCUT2D eigenvalue weighted by Crippen LogP contribution is 2.17. The van der Waals surface area contributed by atoms with Crippen LogP contribution in [0.4, 0.5) is 13.2 Å². The second-order valence-corrected chi connectivity index (χ2v) is 3.48. The maximum atomic E-state index is 11.6. The van der Waals surface area contributed by atoms with Crippen molar-refractivity contribution in [1.82, 2.24) is 0 Å². The first-order valence-corrected chi connectivity index (χ1v) is 5.62. The van der Waals surface area contributed by atoms with Crippen LogP contribution in [0.2, 0.25) is 0 Å². The van der Waals surface area contributed by atoms with Crippen LogP contribution in [0.25, 0.3) is 0 Å². The van der Waals surface area contributed by atoms with Crippen molar-refractivity contribution < 1.29 is 22.6 Å². The van der Waals surface area contributed by atoms with Gasteiger partial charge in [-0.1, -0.05) is 28.1 Å². The molecule has 1 aromatic carbocycles. The summed E-state index contributed by atoms with van der Waals surface area (Å²) in [7, 11) is 0. The van der Waals surface area contributed by atoms with Crippen LogP contribution in [0.15, 0.2) is 24.3 Å². The summed E-state index contributed by atoms with van der Waals surface area (Å²) in [5.41, 5.74) is 1.07. The molecule has 0 aliphatic rings. The molecule has 0 aliphatic carbocycles. The highest BCUT2D eigenvalue weighted by atomic mass is 79.9. The van der Waals surface area contributed by atoms with E-state index in [1.807, 2.05) is 12.1 Å². The summed E-state index contributed by atoms with van der Waals surface area (Å²) >= 11 is 3.28. The number of rotatable bonds is 5. The minimum Gasteiger partial charge on any atom is -0.491 e. The molecule has 0 fully saturated rings. The molecule has 0 bridgehead atoms. The molecule has 0 unspecified atom stereocenters. The molecule has 0 heterocycles. The lowest BCUT2D eigenvalue weighted by Gasteiger charge is -2.09. The van der Waals surface area contributed by atoms with Crippen LogP contribution in [-0.2, 0) is 10.1 Å². The van der Waals surface area contributed by atoms with E-state index in [1.54, 1.807) is 12.1 Å². The van der Waals surface area contributed by atoms with Crippen LogP contribution in [-0.4, -0.2) is 19.6 Å². The van der Waals surface area contributed by atoms with Gasteiger partial charge in [-0.05, 0) is 17.7 Å². The molecule has 0 spiro atoms. The highest BCUT2D eigenvalue weighted by Gasteiger charge is 2.28. The summed E-state index contributed by atoms with van der Waals surface area (Å²) in [6.45, 7) is -0.642. The number of benzene rings is 1. The quantitative estimate of drug-likeness (QED) is 0.612. The Kier molecular flexibility index (Phi) is 5.08. The fourth-order valence-electron chi connectivity index (χ4n) is 0.992. The Morgan fingerprint density at radius 3 is 2.19 bits per heavy atom. The first kappa shape index (κ1) is 13.3. The third-order valence-corrected chi connectivity index (χ3v) is 2.34. The predicted octanol–water partition coefficient (Wildman–Crippen LogP) is 3.50. The van der Waals surface area contributed by atoms with Gasteiger partial charge >= 0.3 is 6.36 Å². The third-order valence-electron chi connectivity index (χ3n) is 1.70. The van der Waals surface area contributed by atoms with E-state index >= 15 is 0 Å². The van der Waals surface area contributed by atoms with Gasteiger partial charge in [-0.15, -0.1) is 13.2 Å².